The van der Waals surface area contributed by atoms with Gasteiger partial charge >= 0.3 is 12.1 Å². The van der Waals surface area contributed by atoms with Gasteiger partial charge in [-0.25, -0.2) is 0 Å². The molecule has 1 aliphatic rings. The van der Waals surface area contributed by atoms with E-state index in [4.69, 9.17) is 16.7 Å². The third-order valence-electron chi connectivity index (χ3n) is 3.14. The van der Waals surface area contributed by atoms with Crippen LogP contribution in [0.5, 0.6) is 0 Å². The molecule has 0 atom stereocenters. The van der Waals surface area contributed by atoms with E-state index >= 15 is 0 Å². The van der Waals surface area contributed by atoms with Crippen LogP contribution in [-0.2, 0) is 11.0 Å². The molecule has 0 unspecified atom stereocenters. The summed E-state index contributed by atoms with van der Waals surface area (Å²) in [5.74, 6) is -1.77. The quantitative estimate of drug-likeness (QED) is 0.682. The van der Waals surface area contributed by atoms with Crippen molar-refractivity contribution in [3.8, 4) is 0 Å². The number of rotatable bonds is 3. The number of carbonyl (C=O) groups is 1. The van der Waals surface area contributed by atoms with Crippen molar-refractivity contribution in [2.24, 2.45) is 5.92 Å². The van der Waals surface area contributed by atoms with Gasteiger partial charge in [0.25, 0.3) is 5.69 Å². The molecular formula is C11H8ClF3N2O4. The number of anilines is 1. The lowest BCUT2D eigenvalue weighted by molar-refractivity contribution is -0.384. The summed E-state index contributed by atoms with van der Waals surface area (Å²) in [4.78, 5) is 22.0. The highest BCUT2D eigenvalue weighted by Crippen LogP contribution is 2.42. The van der Waals surface area contributed by atoms with Crippen LogP contribution < -0.4 is 4.90 Å². The molecule has 114 valence electrons. The fourth-order valence-electron chi connectivity index (χ4n) is 2.00. The Morgan fingerprint density at radius 3 is 2.43 bits per heavy atom. The molecule has 0 radical (unpaired) electrons. The largest absolute Gasteiger partial charge is 0.481 e. The Morgan fingerprint density at radius 1 is 1.43 bits per heavy atom. The second-order valence-electron chi connectivity index (χ2n) is 4.52. The number of hydrogen-bond donors (Lipinski definition) is 1. The monoisotopic (exact) mass is 324 g/mol. The molecule has 1 N–H and O–H groups in total. The van der Waals surface area contributed by atoms with Gasteiger partial charge in [0.1, 0.15) is 5.69 Å². The van der Waals surface area contributed by atoms with Crippen LogP contribution in [0.4, 0.5) is 24.5 Å². The van der Waals surface area contributed by atoms with Crippen molar-refractivity contribution < 1.29 is 28.0 Å². The zero-order chi connectivity index (χ0) is 15.9. The van der Waals surface area contributed by atoms with Crippen molar-refractivity contribution >= 4 is 28.9 Å². The maximum Gasteiger partial charge on any atom is 0.418 e. The molecule has 1 saturated heterocycles. The van der Waals surface area contributed by atoms with Crippen LogP contribution in [0.2, 0.25) is 5.02 Å². The average Bonchev–Trinajstić information content (AvgIpc) is 2.23. The molecule has 0 aromatic heterocycles. The summed E-state index contributed by atoms with van der Waals surface area (Å²) in [6.45, 7) is -0.0320. The summed E-state index contributed by atoms with van der Waals surface area (Å²) in [6.07, 6.45) is -4.81. The second kappa shape index (κ2) is 5.06. The number of nitro groups is 1. The lowest BCUT2D eigenvalue weighted by Crippen LogP contribution is -2.50. The van der Waals surface area contributed by atoms with Gasteiger partial charge in [-0.05, 0) is 6.07 Å². The highest BCUT2D eigenvalue weighted by Gasteiger charge is 2.40. The van der Waals surface area contributed by atoms with Gasteiger partial charge in [-0.2, -0.15) is 13.2 Å². The molecule has 1 heterocycles. The number of benzene rings is 1. The van der Waals surface area contributed by atoms with E-state index < -0.39 is 39.3 Å². The van der Waals surface area contributed by atoms with Crippen molar-refractivity contribution in [3.63, 3.8) is 0 Å². The molecule has 1 aliphatic heterocycles. The van der Waals surface area contributed by atoms with Gasteiger partial charge in [0.15, 0.2) is 0 Å². The number of aliphatic carboxylic acids is 1. The fraction of sp³-hybridized carbons (Fsp3) is 0.364. The van der Waals surface area contributed by atoms with Crippen molar-refractivity contribution in [2.45, 2.75) is 6.18 Å². The summed E-state index contributed by atoms with van der Waals surface area (Å²) in [5.41, 5.74) is -2.17. The van der Waals surface area contributed by atoms with Crippen LogP contribution in [0.15, 0.2) is 12.1 Å². The van der Waals surface area contributed by atoms with Gasteiger partial charge in [0, 0.05) is 19.2 Å². The van der Waals surface area contributed by atoms with Gasteiger partial charge < -0.3 is 10.0 Å². The number of carboxylic acids is 1. The minimum Gasteiger partial charge on any atom is -0.481 e. The Hall–Kier alpha value is -2.03. The third kappa shape index (κ3) is 2.87. The van der Waals surface area contributed by atoms with Gasteiger partial charge in [-0.3, -0.25) is 14.9 Å². The summed E-state index contributed by atoms with van der Waals surface area (Å²) < 4.78 is 38.1. The summed E-state index contributed by atoms with van der Waals surface area (Å²) in [7, 11) is 0. The molecule has 0 amide bonds. The van der Waals surface area contributed by atoms with Crippen molar-refractivity contribution in [3.05, 3.63) is 32.8 Å². The molecule has 0 aliphatic carbocycles. The maximum atomic E-state index is 12.7. The maximum absolute atomic E-state index is 12.7. The molecule has 1 aromatic rings. The topological polar surface area (TPSA) is 83.7 Å². The van der Waals surface area contributed by atoms with E-state index in [1.807, 2.05) is 0 Å². The molecule has 2 rings (SSSR count). The molecule has 1 fully saturated rings. The zero-order valence-corrected chi connectivity index (χ0v) is 11.0. The Kier molecular flexibility index (Phi) is 3.70. The first-order valence-electron chi connectivity index (χ1n) is 5.64. The molecule has 1 aromatic carbocycles. The predicted molar refractivity (Wildman–Crippen MR) is 66.4 cm³/mol. The number of nitro benzene ring substituents is 1. The molecule has 10 heteroatoms. The van der Waals surface area contributed by atoms with Crippen molar-refractivity contribution in [2.75, 3.05) is 18.0 Å². The Morgan fingerprint density at radius 2 is 2.00 bits per heavy atom. The third-order valence-corrected chi connectivity index (χ3v) is 3.45. The van der Waals surface area contributed by atoms with E-state index in [0.29, 0.717) is 6.07 Å². The highest BCUT2D eigenvalue weighted by atomic mass is 35.5. The molecule has 0 bridgehead atoms. The lowest BCUT2D eigenvalue weighted by atomic mass is 9.98. The van der Waals surface area contributed by atoms with Crippen LogP contribution in [0, 0.1) is 16.0 Å². The molecule has 0 spiro atoms. The number of halogens is 4. The standard InChI is InChI=1S/C11H8ClF3N2O4/c12-7-2-8(16-3-5(4-16)10(18)19)9(17(20)21)1-6(7)11(13,14)15/h1-2,5H,3-4H2,(H,18,19). The molecule has 6 nitrogen and oxygen atoms in total. The zero-order valence-electron chi connectivity index (χ0n) is 10.2. The molecular weight excluding hydrogens is 317 g/mol. The smallest absolute Gasteiger partial charge is 0.418 e. The number of hydrogen-bond acceptors (Lipinski definition) is 4. The van der Waals surface area contributed by atoms with Crippen LogP contribution in [0.1, 0.15) is 5.56 Å². The average molecular weight is 325 g/mol. The number of nitrogens with zero attached hydrogens (tertiary/aromatic N) is 2. The predicted octanol–water partition coefficient (Wildman–Crippen LogP) is 2.79. The van der Waals surface area contributed by atoms with E-state index in [1.54, 1.807) is 0 Å². The van der Waals surface area contributed by atoms with Crippen LogP contribution in [-0.4, -0.2) is 29.1 Å². The fourth-order valence-corrected chi connectivity index (χ4v) is 2.26. The number of alkyl halides is 3. The van der Waals surface area contributed by atoms with E-state index in [-0.39, 0.29) is 18.8 Å². The van der Waals surface area contributed by atoms with E-state index in [1.165, 1.54) is 4.90 Å². The summed E-state index contributed by atoms with van der Waals surface area (Å²) in [5, 5.41) is 19.0. The first-order chi connectivity index (χ1) is 9.61. The van der Waals surface area contributed by atoms with E-state index in [0.717, 1.165) is 6.07 Å². The Labute approximate surface area is 120 Å². The molecule has 0 saturated carbocycles. The van der Waals surface area contributed by atoms with Gasteiger partial charge in [-0.1, -0.05) is 11.6 Å². The van der Waals surface area contributed by atoms with Gasteiger partial charge in [-0.15, -0.1) is 0 Å². The van der Waals surface area contributed by atoms with Crippen LogP contribution >= 0.6 is 11.6 Å². The first-order valence-corrected chi connectivity index (χ1v) is 6.02. The number of carboxylic acid groups (broad SMARTS) is 1. The van der Waals surface area contributed by atoms with Crippen molar-refractivity contribution in [1.82, 2.24) is 0 Å². The van der Waals surface area contributed by atoms with Crippen molar-refractivity contribution in [1.29, 1.82) is 0 Å². The lowest BCUT2D eigenvalue weighted by Gasteiger charge is -2.38. The van der Waals surface area contributed by atoms with Gasteiger partial charge in [0.2, 0.25) is 0 Å². The Balaban J connectivity index is 2.41. The summed E-state index contributed by atoms with van der Waals surface area (Å²) >= 11 is 5.53. The Bertz CT molecular complexity index is 614. The second-order valence-corrected chi connectivity index (χ2v) is 4.92. The molecule has 21 heavy (non-hydrogen) atoms. The summed E-state index contributed by atoms with van der Waals surface area (Å²) in [6, 6.07) is 1.21. The minimum atomic E-state index is -4.81. The van der Waals surface area contributed by atoms with Gasteiger partial charge in [0.05, 0.1) is 21.4 Å². The highest BCUT2D eigenvalue weighted by molar-refractivity contribution is 6.31. The van der Waals surface area contributed by atoms with E-state index in [2.05, 4.69) is 0 Å². The minimum absolute atomic E-state index is 0.0160. The normalized spacial score (nSPS) is 15.7. The van der Waals surface area contributed by atoms with Crippen LogP contribution in [0.25, 0.3) is 0 Å². The first kappa shape index (κ1) is 15.4. The SMILES string of the molecule is O=C(O)C1CN(c2cc(Cl)c(C(F)(F)F)cc2[N+](=O)[O-])C1. The van der Waals surface area contributed by atoms with Crippen LogP contribution in [0.3, 0.4) is 0 Å². The van der Waals surface area contributed by atoms with E-state index in [9.17, 15) is 28.1 Å².